The molecule has 2 rings (SSSR count). The third-order valence-corrected chi connectivity index (χ3v) is 3.23. The molecule has 0 aliphatic carbocycles. The lowest BCUT2D eigenvalue weighted by atomic mass is 10.1. The first-order valence-corrected chi connectivity index (χ1v) is 6.77. The van der Waals surface area contributed by atoms with E-state index in [4.69, 9.17) is 10.5 Å². The minimum atomic E-state index is -0.539. The van der Waals surface area contributed by atoms with Gasteiger partial charge in [-0.05, 0) is 31.9 Å². The third kappa shape index (κ3) is 3.21. The Morgan fingerprint density at radius 1 is 1.43 bits per heavy atom. The Bertz CT molecular complexity index is 652. The monoisotopic (exact) mass is 291 g/mol. The number of nitrogens with two attached hydrogens (primary N) is 1. The fourth-order valence-electron chi connectivity index (χ4n) is 2.15. The second kappa shape index (κ2) is 6.39. The number of hydrogen-bond acceptors (Lipinski definition) is 4. The fourth-order valence-corrected chi connectivity index (χ4v) is 2.15. The summed E-state index contributed by atoms with van der Waals surface area (Å²) in [7, 11) is 0. The van der Waals surface area contributed by atoms with E-state index in [9.17, 15) is 9.18 Å². The predicted octanol–water partition coefficient (Wildman–Crippen LogP) is 2.33. The number of aromatic nitrogens is 2. The van der Waals surface area contributed by atoms with Crippen LogP contribution in [0.5, 0.6) is 0 Å². The summed E-state index contributed by atoms with van der Waals surface area (Å²) in [6.07, 6.45) is 0.469. The molecule has 0 saturated heterocycles. The minimum Gasteiger partial charge on any atom is -0.461 e. The lowest BCUT2D eigenvalue weighted by molar-refractivity contribution is 0.0521. The maximum Gasteiger partial charge on any atom is 0.360 e. The molecule has 1 aromatic heterocycles. The Hall–Kier alpha value is -2.37. The van der Waals surface area contributed by atoms with Crippen LogP contribution < -0.4 is 5.73 Å². The van der Waals surface area contributed by atoms with Gasteiger partial charge in [-0.1, -0.05) is 18.2 Å². The van der Waals surface area contributed by atoms with Gasteiger partial charge in [0.15, 0.2) is 5.69 Å². The zero-order valence-electron chi connectivity index (χ0n) is 12.1. The molecule has 0 atom stereocenters. The summed E-state index contributed by atoms with van der Waals surface area (Å²) in [4.78, 5) is 15.9. The van der Waals surface area contributed by atoms with Crippen molar-refractivity contribution in [3.8, 4) is 0 Å². The number of aryl methyl sites for hydroxylation is 2. The van der Waals surface area contributed by atoms with Crippen molar-refractivity contribution in [2.24, 2.45) is 0 Å². The number of hydrogen-bond donors (Lipinski definition) is 1. The fraction of sp³-hybridized carbons (Fsp3) is 0.333. The van der Waals surface area contributed by atoms with Crippen LogP contribution in [0.25, 0.3) is 0 Å². The number of carbonyl (C=O) groups is 1. The Labute approximate surface area is 122 Å². The SMILES string of the molecule is CCOC(=O)c1nc(C)n(CCc2ccccc2F)c1N. The first-order chi connectivity index (χ1) is 10.0. The van der Waals surface area contributed by atoms with Crippen molar-refractivity contribution in [2.75, 3.05) is 12.3 Å². The van der Waals surface area contributed by atoms with E-state index in [2.05, 4.69) is 4.98 Å². The summed E-state index contributed by atoms with van der Waals surface area (Å²) in [5, 5.41) is 0. The Kier molecular flexibility index (Phi) is 4.57. The van der Waals surface area contributed by atoms with Crippen molar-refractivity contribution in [2.45, 2.75) is 26.8 Å². The summed E-state index contributed by atoms with van der Waals surface area (Å²) in [6, 6.07) is 6.58. The molecule has 0 aliphatic rings. The van der Waals surface area contributed by atoms with Gasteiger partial charge in [-0.3, -0.25) is 0 Å². The number of benzene rings is 1. The van der Waals surface area contributed by atoms with Gasteiger partial charge in [0.1, 0.15) is 17.5 Å². The molecular formula is C15H18FN3O2. The number of nitrogen functional groups attached to an aromatic ring is 1. The number of halogens is 1. The molecule has 5 nitrogen and oxygen atoms in total. The van der Waals surface area contributed by atoms with E-state index in [-0.39, 0.29) is 23.9 Å². The lowest BCUT2D eigenvalue weighted by Crippen LogP contribution is -2.11. The summed E-state index contributed by atoms with van der Waals surface area (Å²) in [5.74, 6) is 0.0661. The number of esters is 1. The molecule has 6 heteroatoms. The van der Waals surface area contributed by atoms with Crippen molar-refractivity contribution in [1.29, 1.82) is 0 Å². The molecule has 0 amide bonds. The van der Waals surface area contributed by atoms with Crippen LogP contribution in [0.4, 0.5) is 10.2 Å². The standard InChI is InChI=1S/C15H18FN3O2/c1-3-21-15(20)13-14(17)19(10(2)18-13)9-8-11-6-4-5-7-12(11)16/h4-7H,3,8-9,17H2,1-2H3. The number of carbonyl (C=O) groups excluding carboxylic acids is 1. The smallest absolute Gasteiger partial charge is 0.360 e. The number of rotatable bonds is 5. The topological polar surface area (TPSA) is 70.1 Å². The van der Waals surface area contributed by atoms with Crippen LogP contribution in [-0.4, -0.2) is 22.1 Å². The number of nitrogens with zero attached hydrogens (tertiary/aromatic N) is 2. The molecule has 0 bridgehead atoms. The molecule has 112 valence electrons. The van der Waals surface area contributed by atoms with Crippen LogP contribution in [0.15, 0.2) is 24.3 Å². The highest BCUT2D eigenvalue weighted by molar-refractivity contribution is 5.92. The Morgan fingerprint density at radius 3 is 2.81 bits per heavy atom. The van der Waals surface area contributed by atoms with Crippen LogP contribution >= 0.6 is 0 Å². The first kappa shape index (κ1) is 15.0. The molecule has 1 aromatic carbocycles. The van der Waals surface area contributed by atoms with Crippen molar-refractivity contribution in [1.82, 2.24) is 9.55 Å². The second-order valence-corrected chi connectivity index (χ2v) is 4.61. The zero-order valence-corrected chi connectivity index (χ0v) is 12.1. The van der Waals surface area contributed by atoms with Crippen LogP contribution in [0.3, 0.4) is 0 Å². The zero-order chi connectivity index (χ0) is 15.4. The highest BCUT2D eigenvalue weighted by Crippen LogP contribution is 2.17. The maximum atomic E-state index is 13.6. The van der Waals surface area contributed by atoms with Gasteiger partial charge in [-0.2, -0.15) is 0 Å². The highest BCUT2D eigenvalue weighted by Gasteiger charge is 2.19. The van der Waals surface area contributed by atoms with Crippen molar-refractivity contribution in [3.05, 3.63) is 47.2 Å². The van der Waals surface area contributed by atoms with Gasteiger partial charge in [0, 0.05) is 6.54 Å². The maximum absolute atomic E-state index is 13.6. The van der Waals surface area contributed by atoms with Gasteiger partial charge in [0.2, 0.25) is 0 Å². The molecule has 0 saturated carbocycles. The van der Waals surface area contributed by atoms with E-state index in [1.807, 2.05) is 0 Å². The molecule has 0 radical (unpaired) electrons. The summed E-state index contributed by atoms with van der Waals surface area (Å²) in [6.45, 7) is 4.18. The molecule has 2 aromatic rings. The van der Waals surface area contributed by atoms with Gasteiger partial charge in [0.25, 0.3) is 0 Å². The molecule has 0 fully saturated rings. The Morgan fingerprint density at radius 2 is 2.14 bits per heavy atom. The molecule has 0 aliphatic heterocycles. The van der Waals surface area contributed by atoms with Crippen LogP contribution in [0.1, 0.15) is 28.8 Å². The Balaban J connectivity index is 2.18. The van der Waals surface area contributed by atoms with E-state index in [0.29, 0.717) is 24.4 Å². The third-order valence-electron chi connectivity index (χ3n) is 3.23. The largest absolute Gasteiger partial charge is 0.461 e. The van der Waals surface area contributed by atoms with E-state index < -0.39 is 5.97 Å². The molecule has 21 heavy (non-hydrogen) atoms. The van der Waals surface area contributed by atoms with Gasteiger partial charge >= 0.3 is 5.97 Å². The van der Waals surface area contributed by atoms with Gasteiger partial charge in [0.05, 0.1) is 6.61 Å². The number of ether oxygens (including phenoxy) is 1. The van der Waals surface area contributed by atoms with Gasteiger partial charge in [-0.25, -0.2) is 14.2 Å². The van der Waals surface area contributed by atoms with E-state index in [1.165, 1.54) is 6.07 Å². The predicted molar refractivity (Wildman–Crippen MR) is 77.4 cm³/mol. The minimum absolute atomic E-state index is 0.114. The lowest BCUT2D eigenvalue weighted by Gasteiger charge is -2.08. The average Bonchev–Trinajstić information content (AvgIpc) is 2.74. The molecule has 0 spiro atoms. The molecule has 1 heterocycles. The second-order valence-electron chi connectivity index (χ2n) is 4.61. The highest BCUT2D eigenvalue weighted by atomic mass is 19.1. The molecule has 0 unspecified atom stereocenters. The summed E-state index contributed by atoms with van der Waals surface area (Å²) < 4.78 is 20.2. The van der Waals surface area contributed by atoms with Crippen LogP contribution in [0.2, 0.25) is 0 Å². The van der Waals surface area contributed by atoms with E-state index in [0.717, 1.165) is 0 Å². The number of anilines is 1. The first-order valence-electron chi connectivity index (χ1n) is 6.77. The van der Waals surface area contributed by atoms with Gasteiger partial charge < -0.3 is 15.0 Å². The summed E-state index contributed by atoms with van der Waals surface area (Å²) >= 11 is 0. The average molecular weight is 291 g/mol. The van der Waals surface area contributed by atoms with Gasteiger partial charge in [-0.15, -0.1) is 0 Å². The number of imidazole rings is 1. The van der Waals surface area contributed by atoms with Crippen molar-refractivity contribution < 1.29 is 13.9 Å². The summed E-state index contributed by atoms with van der Waals surface area (Å²) in [5.41, 5.74) is 6.66. The van der Waals surface area contributed by atoms with Crippen molar-refractivity contribution in [3.63, 3.8) is 0 Å². The quantitative estimate of drug-likeness (QED) is 0.858. The molecular weight excluding hydrogens is 273 g/mol. The normalized spacial score (nSPS) is 10.6. The molecule has 2 N–H and O–H groups in total. The van der Waals surface area contributed by atoms with E-state index in [1.54, 1.807) is 36.6 Å². The van der Waals surface area contributed by atoms with Crippen LogP contribution in [0, 0.1) is 12.7 Å². The van der Waals surface area contributed by atoms with Crippen LogP contribution in [-0.2, 0) is 17.7 Å². The van der Waals surface area contributed by atoms with E-state index >= 15 is 0 Å². The van der Waals surface area contributed by atoms with Crippen molar-refractivity contribution >= 4 is 11.8 Å².